The minimum atomic E-state index is -0.859. The third-order valence-electron chi connectivity index (χ3n) is 4.71. The van der Waals surface area contributed by atoms with E-state index < -0.39 is 11.4 Å². The van der Waals surface area contributed by atoms with Crippen molar-refractivity contribution in [3.8, 4) is 0 Å². The standard InChI is InChI=1S/C20H19Cl2NO3/c1-2-26-18(24)13-23-12-11-20(19(23)25,14-3-7-16(21)8-4-14)15-5-9-17(22)10-6-15/h3-10H,2,11-13H2,1H3. The lowest BCUT2D eigenvalue weighted by molar-refractivity contribution is -0.148. The maximum Gasteiger partial charge on any atom is 0.325 e. The number of esters is 1. The Morgan fingerprint density at radius 2 is 1.54 bits per heavy atom. The number of likely N-dealkylation sites (tertiary alicyclic amines) is 1. The van der Waals surface area contributed by atoms with Gasteiger partial charge in [-0.2, -0.15) is 0 Å². The first-order valence-electron chi connectivity index (χ1n) is 8.44. The number of ether oxygens (including phenoxy) is 1. The van der Waals surface area contributed by atoms with Crippen LogP contribution in [0.3, 0.4) is 0 Å². The Hall–Kier alpha value is -2.04. The molecule has 1 saturated heterocycles. The summed E-state index contributed by atoms with van der Waals surface area (Å²) in [5, 5.41) is 1.21. The zero-order valence-electron chi connectivity index (χ0n) is 14.4. The van der Waals surface area contributed by atoms with E-state index in [9.17, 15) is 9.59 Å². The second kappa shape index (κ2) is 7.68. The van der Waals surface area contributed by atoms with Gasteiger partial charge in [0.05, 0.1) is 6.61 Å². The molecule has 3 rings (SSSR count). The molecule has 0 spiro atoms. The molecule has 136 valence electrons. The average molecular weight is 392 g/mol. The highest BCUT2D eigenvalue weighted by molar-refractivity contribution is 6.30. The van der Waals surface area contributed by atoms with Crippen LogP contribution in [-0.4, -0.2) is 36.5 Å². The van der Waals surface area contributed by atoms with Crippen LogP contribution in [0.25, 0.3) is 0 Å². The molecular weight excluding hydrogens is 373 g/mol. The van der Waals surface area contributed by atoms with E-state index in [-0.39, 0.29) is 12.5 Å². The molecule has 1 heterocycles. The quantitative estimate of drug-likeness (QED) is 0.721. The predicted octanol–water partition coefficient (Wildman–Crippen LogP) is 4.07. The van der Waals surface area contributed by atoms with Crippen molar-refractivity contribution in [2.75, 3.05) is 19.7 Å². The Kier molecular flexibility index (Phi) is 5.54. The number of amides is 1. The van der Waals surface area contributed by atoms with Crippen molar-refractivity contribution in [1.29, 1.82) is 0 Å². The molecule has 0 unspecified atom stereocenters. The van der Waals surface area contributed by atoms with Gasteiger partial charge in [-0.05, 0) is 48.7 Å². The molecule has 1 aliphatic heterocycles. The van der Waals surface area contributed by atoms with Crippen molar-refractivity contribution in [2.24, 2.45) is 0 Å². The second-order valence-electron chi connectivity index (χ2n) is 6.20. The molecule has 0 aromatic heterocycles. The van der Waals surface area contributed by atoms with E-state index in [1.165, 1.54) is 0 Å². The summed E-state index contributed by atoms with van der Waals surface area (Å²) in [6, 6.07) is 14.5. The van der Waals surface area contributed by atoms with Gasteiger partial charge in [-0.15, -0.1) is 0 Å². The van der Waals surface area contributed by atoms with Crippen molar-refractivity contribution in [3.05, 3.63) is 69.7 Å². The molecule has 0 bridgehead atoms. The van der Waals surface area contributed by atoms with E-state index in [1.54, 1.807) is 36.1 Å². The van der Waals surface area contributed by atoms with Crippen LogP contribution in [-0.2, 0) is 19.7 Å². The summed E-state index contributed by atoms with van der Waals surface area (Å²) in [5.41, 5.74) is 0.836. The maximum absolute atomic E-state index is 13.4. The number of nitrogens with zero attached hydrogens (tertiary/aromatic N) is 1. The third-order valence-corrected chi connectivity index (χ3v) is 5.21. The Bertz CT molecular complexity index is 757. The lowest BCUT2D eigenvalue weighted by Crippen LogP contribution is -2.41. The van der Waals surface area contributed by atoms with Crippen LogP contribution in [0.2, 0.25) is 10.0 Å². The van der Waals surface area contributed by atoms with Crippen LogP contribution in [0, 0.1) is 0 Å². The van der Waals surface area contributed by atoms with Crippen LogP contribution in [0.4, 0.5) is 0 Å². The molecule has 0 saturated carbocycles. The lowest BCUT2D eigenvalue weighted by atomic mass is 9.73. The first kappa shape index (κ1) is 18.7. The van der Waals surface area contributed by atoms with E-state index in [4.69, 9.17) is 27.9 Å². The normalized spacial score (nSPS) is 16.0. The Morgan fingerprint density at radius 1 is 1.04 bits per heavy atom. The van der Waals surface area contributed by atoms with Gasteiger partial charge in [0.1, 0.15) is 12.0 Å². The molecular formula is C20H19Cl2NO3. The summed E-state index contributed by atoms with van der Waals surface area (Å²) in [6.07, 6.45) is 0.564. The van der Waals surface area contributed by atoms with E-state index in [2.05, 4.69) is 0 Å². The molecule has 2 aromatic carbocycles. The van der Waals surface area contributed by atoms with E-state index >= 15 is 0 Å². The highest BCUT2D eigenvalue weighted by atomic mass is 35.5. The summed E-state index contributed by atoms with van der Waals surface area (Å²) in [6.45, 7) is 2.47. The summed E-state index contributed by atoms with van der Waals surface area (Å²) >= 11 is 12.1. The molecule has 6 heteroatoms. The molecule has 1 amide bonds. The molecule has 0 radical (unpaired) electrons. The number of benzene rings is 2. The highest BCUT2D eigenvalue weighted by Crippen LogP contribution is 2.42. The van der Waals surface area contributed by atoms with E-state index in [1.807, 2.05) is 24.3 Å². The fraction of sp³-hybridized carbons (Fsp3) is 0.300. The number of halogens is 2. The van der Waals surface area contributed by atoms with Crippen LogP contribution < -0.4 is 0 Å². The van der Waals surface area contributed by atoms with Crippen LogP contribution >= 0.6 is 23.2 Å². The Balaban J connectivity index is 2.02. The smallest absolute Gasteiger partial charge is 0.325 e. The van der Waals surface area contributed by atoms with Crippen molar-refractivity contribution in [2.45, 2.75) is 18.8 Å². The maximum atomic E-state index is 13.4. The number of hydrogen-bond acceptors (Lipinski definition) is 3. The molecule has 4 nitrogen and oxygen atoms in total. The zero-order chi connectivity index (χ0) is 18.7. The monoisotopic (exact) mass is 391 g/mol. The topological polar surface area (TPSA) is 46.6 Å². The van der Waals surface area contributed by atoms with Gasteiger partial charge >= 0.3 is 5.97 Å². The molecule has 26 heavy (non-hydrogen) atoms. The summed E-state index contributed by atoms with van der Waals surface area (Å²) in [7, 11) is 0. The van der Waals surface area contributed by atoms with E-state index in [0.717, 1.165) is 11.1 Å². The fourth-order valence-electron chi connectivity index (χ4n) is 3.47. The molecule has 1 fully saturated rings. The summed E-state index contributed by atoms with van der Waals surface area (Å²) in [4.78, 5) is 26.8. The first-order valence-corrected chi connectivity index (χ1v) is 9.20. The summed E-state index contributed by atoms with van der Waals surface area (Å²) in [5.74, 6) is -0.515. The third kappa shape index (κ3) is 3.44. The van der Waals surface area contributed by atoms with Crippen LogP contribution in [0.1, 0.15) is 24.5 Å². The van der Waals surface area contributed by atoms with Gasteiger partial charge in [0, 0.05) is 16.6 Å². The minimum absolute atomic E-state index is 0.0460. The Morgan fingerprint density at radius 3 is 2.00 bits per heavy atom. The van der Waals surface area contributed by atoms with E-state index in [0.29, 0.717) is 29.6 Å². The number of carbonyl (C=O) groups is 2. The van der Waals surface area contributed by atoms with Crippen molar-refractivity contribution in [1.82, 2.24) is 4.90 Å². The molecule has 2 aromatic rings. The predicted molar refractivity (Wildman–Crippen MR) is 102 cm³/mol. The molecule has 0 N–H and O–H groups in total. The van der Waals surface area contributed by atoms with Crippen molar-refractivity contribution < 1.29 is 14.3 Å². The lowest BCUT2D eigenvalue weighted by Gasteiger charge is -2.29. The van der Waals surface area contributed by atoms with Crippen molar-refractivity contribution in [3.63, 3.8) is 0 Å². The van der Waals surface area contributed by atoms with Crippen LogP contribution in [0.15, 0.2) is 48.5 Å². The van der Waals surface area contributed by atoms with Gasteiger partial charge in [0.15, 0.2) is 0 Å². The van der Waals surface area contributed by atoms with Gasteiger partial charge in [0.25, 0.3) is 0 Å². The van der Waals surface area contributed by atoms with Gasteiger partial charge in [0.2, 0.25) is 5.91 Å². The van der Waals surface area contributed by atoms with Gasteiger partial charge in [-0.1, -0.05) is 47.5 Å². The number of carbonyl (C=O) groups excluding carboxylic acids is 2. The van der Waals surface area contributed by atoms with Gasteiger partial charge in [-0.3, -0.25) is 9.59 Å². The zero-order valence-corrected chi connectivity index (χ0v) is 15.9. The molecule has 0 atom stereocenters. The fourth-order valence-corrected chi connectivity index (χ4v) is 3.72. The molecule has 1 aliphatic rings. The van der Waals surface area contributed by atoms with Gasteiger partial charge in [-0.25, -0.2) is 0 Å². The minimum Gasteiger partial charge on any atom is -0.465 e. The number of rotatable bonds is 5. The Labute approximate surface area is 162 Å². The summed E-state index contributed by atoms with van der Waals surface area (Å²) < 4.78 is 5.00. The van der Waals surface area contributed by atoms with Gasteiger partial charge < -0.3 is 9.64 Å². The molecule has 0 aliphatic carbocycles. The van der Waals surface area contributed by atoms with Crippen LogP contribution in [0.5, 0.6) is 0 Å². The largest absolute Gasteiger partial charge is 0.465 e. The average Bonchev–Trinajstić information content (AvgIpc) is 2.94. The van der Waals surface area contributed by atoms with Crippen molar-refractivity contribution >= 4 is 35.1 Å². The SMILES string of the molecule is CCOC(=O)CN1CCC(c2ccc(Cl)cc2)(c2ccc(Cl)cc2)C1=O. The second-order valence-corrected chi connectivity index (χ2v) is 7.07. The number of hydrogen-bond donors (Lipinski definition) is 0. The first-order chi connectivity index (χ1) is 12.5. The highest BCUT2D eigenvalue weighted by Gasteiger charge is 2.49.